The lowest BCUT2D eigenvalue weighted by atomic mass is 10.1. The largest absolute Gasteiger partial charge is 0.362 e. The first kappa shape index (κ1) is 19.1. The first-order chi connectivity index (χ1) is 12.9. The molecule has 1 aliphatic heterocycles. The number of nitro benzene ring substituents is 1. The van der Waals surface area contributed by atoms with Gasteiger partial charge in [-0.3, -0.25) is 19.7 Å². The molecule has 3 rings (SSSR count). The fourth-order valence-corrected chi connectivity index (χ4v) is 3.50. The smallest absolute Gasteiger partial charge is 0.293 e. The predicted molar refractivity (Wildman–Crippen MR) is 103 cm³/mol. The molecule has 0 atom stereocenters. The number of aldehydes is 1. The van der Waals surface area contributed by atoms with Crippen LogP contribution in [-0.2, 0) is 0 Å². The molecule has 0 N–H and O–H groups in total. The quantitative estimate of drug-likeness (QED) is 0.438. The van der Waals surface area contributed by atoms with Gasteiger partial charge in [0, 0.05) is 42.8 Å². The summed E-state index contributed by atoms with van der Waals surface area (Å²) in [6.07, 6.45) is 0.573. The van der Waals surface area contributed by atoms with Gasteiger partial charge in [-0.25, -0.2) is 0 Å². The van der Waals surface area contributed by atoms with E-state index in [9.17, 15) is 19.7 Å². The number of benzene rings is 2. The van der Waals surface area contributed by atoms with Gasteiger partial charge in [0.1, 0.15) is 12.0 Å². The van der Waals surface area contributed by atoms with Gasteiger partial charge in [0.05, 0.1) is 15.5 Å². The standard InChI is InChI=1S/C18H15Cl2N3O4/c19-13-2-3-14(15(20)10-13)18(25)22-7-5-21(6-8-22)16-4-1-12(11-24)9-17(16)23(26)27/h1-4,9-11H,5-8H2. The number of carbonyl (C=O) groups is 2. The Morgan fingerprint density at radius 1 is 1.07 bits per heavy atom. The molecule has 0 spiro atoms. The van der Waals surface area contributed by atoms with E-state index >= 15 is 0 Å². The highest BCUT2D eigenvalue weighted by molar-refractivity contribution is 6.36. The topological polar surface area (TPSA) is 83.8 Å². The lowest BCUT2D eigenvalue weighted by Crippen LogP contribution is -2.49. The zero-order valence-electron chi connectivity index (χ0n) is 14.1. The van der Waals surface area contributed by atoms with Crippen molar-refractivity contribution in [3.63, 3.8) is 0 Å². The Kier molecular flexibility index (Phi) is 5.62. The summed E-state index contributed by atoms with van der Waals surface area (Å²) in [5.41, 5.74) is 0.926. The van der Waals surface area contributed by atoms with Crippen molar-refractivity contribution in [2.75, 3.05) is 31.1 Å². The Balaban J connectivity index is 1.75. The van der Waals surface area contributed by atoms with Gasteiger partial charge < -0.3 is 9.80 Å². The SMILES string of the molecule is O=Cc1ccc(N2CCN(C(=O)c3ccc(Cl)cc3Cl)CC2)c([N+](=O)[O-])c1. The second-order valence-corrected chi connectivity index (χ2v) is 6.87. The number of nitrogens with zero attached hydrogens (tertiary/aromatic N) is 3. The zero-order valence-corrected chi connectivity index (χ0v) is 15.6. The second-order valence-electron chi connectivity index (χ2n) is 6.03. The van der Waals surface area contributed by atoms with Crippen molar-refractivity contribution < 1.29 is 14.5 Å². The number of piperazine rings is 1. The van der Waals surface area contributed by atoms with Gasteiger partial charge in [-0.1, -0.05) is 23.2 Å². The third-order valence-electron chi connectivity index (χ3n) is 4.40. The Hall–Kier alpha value is -2.64. The summed E-state index contributed by atoms with van der Waals surface area (Å²) in [7, 11) is 0. The van der Waals surface area contributed by atoms with Crippen molar-refractivity contribution in [2.24, 2.45) is 0 Å². The normalized spacial score (nSPS) is 14.1. The maximum Gasteiger partial charge on any atom is 0.293 e. The molecule has 2 aromatic carbocycles. The summed E-state index contributed by atoms with van der Waals surface area (Å²) in [4.78, 5) is 37.8. The van der Waals surface area contributed by atoms with E-state index in [-0.39, 0.29) is 22.2 Å². The van der Waals surface area contributed by atoms with Crippen LogP contribution < -0.4 is 4.90 Å². The van der Waals surface area contributed by atoms with Crippen molar-refractivity contribution in [1.29, 1.82) is 0 Å². The summed E-state index contributed by atoms with van der Waals surface area (Å²) >= 11 is 12.0. The molecule has 2 aromatic rings. The molecule has 1 aliphatic rings. The van der Waals surface area contributed by atoms with E-state index < -0.39 is 4.92 Å². The van der Waals surface area contributed by atoms with Gasteiger partial charge in [0.15, 0.2) is 0 Å². The molecule has 1 saturated heterocycles. The van der Waals surface area contributed by atoms with Gasteiger partial charge in [0.2, 0.25) is 0 Å². The van der Waals surface area contributed by atoms with Crippen molar-refractivity contribution in [3.8, 4) is 0 Å². The lowest BCUT2D eigenvalue weighted by molar-refractivity contribution is -0.384. The molecule has 0 aliphatic carbocycles. The summed E-state index contributed by atoms with van der Waals surface area (Å²) in [6, 6.07) is 9.07. The highest BCUT2D eigenvalue weighted by Gasteiger charge is 2.27. The minimum absolute atomic E-state index is 0.125. The maximum absolute atomic E-state index is 12.7. The number of nitro groups is 1. The second kappa shape index (κ2) is 7.94. The van der Waals surface area contributed by atoms with E-state index in [0.717, 1.165) is 0 Å². The minimum Gasteiger partial charge on any atom is -0.362 e. The van der Waals surface area contributed by atoms with Crippen LogP contribution in [0.2, 0.25) is 10.0 Å². The van der Waals surface area contributed by atoms with Crippen LogP contribution in [0.25, 0.3) is 0 Å². The van der Waals surface area contributed by atoms with E-state index in [2.05, 4.69) is 0 Å². The molecule has 140 valence electrons. The fourth-order valence-electron chi connectivity index (χ4n) is 3.01. The van der Waals surface area contributed by atoms with Crippen LogP contribution in [-0.4, -0.2) is 48.2 Å². The Morgan fingerprint density at radius 3 is 2.37 bits per heavy atom. The number of hydrogen-bond donors (Lipinski definition) is 0. The molecule has 0 aromatic heterocycles. The summed E-state index contributed by atoms with van der Waals surface area (Å²) in [5, 5.41) is 12.1. The van der Waals surface area contributed by atoms with Crippen LogP contribution in [0.15, 0.2) is 36.4 Å². The number of carbonyl (C=O) groups excluding carboxylic acids is 2. The van der Waals surface area contributed by atoms with Gasteiger partial charge in [0.25, 0.3) is 11.6 Å². The number of halogens is 2. The summed E-state index contributed by atoms with van der Waals surface area (Å²) in [6.45, 7) is 1.64. The lowest BCUT2D eigenvalue weighted by Gasteiger charge is -2.36. The average Bonchev–Trinajstić information content (AvgIpc) is 2.67. The van der Waals surface area contributed by atoms with Crippen molar-refractivity contribution in [3.05, 3.63) is 67.7 Å². The number of anilines is 1. The zero-order chi connectivity index (χ0) is 19.6. The number of hydrogen-bond acceptors (Lipinski definition) is 5. The van der Waals surface area contributed by atoms with Gasteiger partial charge in [-0.2, -0.15) is 0 Å². The monoisotopic (exact) mass is 407 g/mol. The third kappa shape index (κ3) is 4.04. The molecule has 0 unspecified atom stereocenters. The summed E-state index contributed by atoms with van der Waals surface area (Å²) < 4.78 is 0. The van der Waals surface area contributed by atoms with Crippen LogP contribution >= 0.6 is 23.2 Å². The molecule has 0 saturated carbocycles. The molecule has 1 heterocycles. The van der Waals surface area contributed by atoms with Crippen LogP contribution in [0.3, 0.4) is 0 Å². The van der Waals surface area contributed by atoms with Gasteiger partial charge in [-0.15, -0.1) is 0 Å². The molecule has 27 heavy (non-hydrogen) atoms. The molecular formula is C18H15Cl2N3O4. The van der Waals surface area contributed by atoms with Crippen LogP contribution in [0.5, 0.6) is 0 Å². The van der Waals surface area contributed by atoms with Crippen molar-refractivity contribution in [1.82, 2.24) is 4.90 Å². The highest BCUT2D eigenvalue weighted by atomic mass is 35.5. The molecule has 7 nitrogen and oxygen atoms in total. The Bertz CT molecular complexity index is 911. The molecular weight excluding hydrogens is 393 g/mol. The minimum atomic E-state index is -0.507. The van der Waals surface area contributed by atoms with E-state index in [1.165, 1.54) is 12.1 Å². The molecule has 9 heteroatoms. The van der Waals surface area contributed by atoms with E-state index in [0.29, 0.717) is 48.7 Å². The van der Waals surface area contributed by atoms with Crippen molar-refractivity contribution in [2.45, 2.75) is 0 Å². The van der Waals surface area contributed by atoms with Gasteiger partial charge in [-0.05, 0) is 30.3 Å². The van der Waals surface area contributed by atoms with E-state index in [1.807, 2.05) is 4.90 Å². The van der Waals surface area contributed by atoms with Gasteiger partial charge >= 0.3 is 0 Å². The number of rotatable bonds is 4. The van der Waals surface area contributed by atoms with Crippen LogP contribution in [0.4, 0.5) is 11.4 Å². The molecule has 1 amide bonds. The van der Waals surface area contributed by atoms with Crippen LogP contribution in [0, 0.1) is 10.1 Å². The molecule has 0 bridgehead atoms. The number of amides is 1. The predicted octanol–water partition coefficient (Wildman–Crippen LogP) is 3.68. The summed E-state index contributed by atoms with van der Waals surface area (Å²) in [5.74, 6) is -0.206. The van der Waals surface area contributed by atoms with E-state index in [1.54, 1.807) is 29.2 Å². The fraction of sp³-hybridized carbons (Fsp3) is 0.222. The van der Waals surface area contributed by atoms with Crippen LogP contribution in [0.1, 0.15) is 20.7 Å². The average molecular weight is 408 g/mol. The first-order valence-corrected chi connectivity index (χ1v) is 8.89. The van der Waals surface area contributed by atoms with Crippen molar-refractivity contribution >= 4 is 46.8 Å². The molecule has 1 fully saturated rings. The maximum atomic E-state index is 12.7. The Morgan fingerprint density at radius 2 is 1.78 bits per heavy atom. The molecule has 0 radical (unpaired) electrons. The van der Waals surface area contributed by atoms with E-state index in [4.69, 9.17) is 23.2 Å². The first-order valence-electron chi connectivity index (χ1n) is 8.13. The Labute approximate surface area is 165 Å². The highest BCUT2D eigenvalue weighted by Crippen LogP contribution is 2.30. The third-order valence-corrected chi connectivity index (χ3v) is 4.95.